The summed E-state index contributed by atoms with van der Waals surface area (Å²) in [6, 6.07) is 7.95. The minimum Gasteiger partial charge on any atom is -0.480 e. The first-order valence-electron chi connectivity index (χ1n) is 4.79. The summed E-state index contributed by atoms with van der Waals surface area (Å²) < 4.78 is 5.82. The van der Waals surface area contributed by atoms with Gasteiger partial charge in [-0.2, -0.15) is 4.98 Å². The summed E-state index contributed by atoms with van der Waals surface area (Å²) in [5, 5.41) is 6.79. The second kappa shape index (κ2) is 3.99. The summed E-state index contributed by atoms with van der Waals surface area (Å²) >= 11 is 7.41. The standard InChI is InChI=1S/C10H8ClN3OS/c11-10-12-9(13-14-10)7-5-16-8-4-2-1-3-6(8)15-7/h1-4,7H,5H2,(H,12,13,14). The topological polar surface area (TPSA) is 50.8 Å². The highest BCUT2D eigenvalue weighted by Crippen LogP contribution is 2.39. The van der Waals surface area contributed by atoms with E-state index in [4.69, 9.17) is 16.3 Å². The molecule has 0 aliphatic carbocycles. The van der Waals surface area contributed by atoms with Crippen LogP contribution in [0.2, 0.25) is 5.28 Å². The number of ether oxygens (including phenoxy) is 1. The number of aromatic nitrogens is 3. The number of hydrogen-bond acceptors (Lipinski definition) is 4. The lowest BCUT2D eigenvalue weighted by atomic mass is 10.3. The highest BCUT2D eigenvalue weighted by Gasteiger charge is 2.24. The van der Waals surface area contributed by atoms with Gasteiger partial charge in [0.2, 0.25) is 5.28 Å². The van der Waals surface area contributed by atoms with Crippen molar-refractivity contribution in [3.63, 3.8) is 0 Å². The number of rotatable bonds is 1. The summed E-state index contributed by atoms with van der Waals surface area (Å²) in [6.45, 7) is 0. The fraction of sp³-hybridized carbons (Fsp3) is 0.200. The molecule has 0 saturated carbocycles. The van der Waals surface area contributed by atoms with E-state index in [2.05, 4.69) is 15.2 Å². The van der Waals surface area contributed by atoms with Gasteiger partial charge in [0.05, 0.1) is 0 Å². The molecule has 1 aromatic heterocycles. The molecule has 0 saturated heterocycles. The molecular formula is C10H8ClN3OS. The van der Waals surface area contributed by atoms with Gasteiger partial charge in [0, 0.05) is 10.6 Å². The Bertz CT molecular complexity index is 516. The molecule has 0 radical (unpaired) electrons. The maximum Gasteiger partial charge on any atom is 0.242 e. The van der Waals surface area contributed by atoms with Gasteiger partial charge in [0.25, 0.3) is 0 Å². The minimum atomic E-state index is -0.111. The number of nitrogens with zero attached hydrogens (tertiary/aromatic N) is 2. The Balaban J connectivity index is 1.88. The van der Waals surface area contributed by atoms with Crippen molar-refractivity contribution in [2.24, 2.45) is 0 Å². The molecule has 1 aliphatic heterocycles. The van der Waals surface area contributed by atoms with E-state index in [-0.39, 0.29) is 11.4 Å². The van der Waals surface area contributed by atoms with Crippen LogP contribution in [-0.2, 0) is 0 Å². The predicted octanol–water partition coefficient (Wildman–Crippen LogP) is 2.68. The van der Waals surface area contributed by atoms with Crippen LogP contribution in [0.5, 0.6) is 5.75 Å². The molecular weight excluding hydrogens is 246 g/mol. The first kappa shape index (κ1) is 9.99. The molecule has 3 rings (SSSR count). The number of aromatic amines is 1. The average molecular weight is 254 g/mol. The van der Waals surface area contributed by atoms with Gasteiger partial charge in [-0.25, -0.2) is 0 Å². The van der Waals surface area contributed by atoms with E-state index >= 15 is 0 Å². The van der Waals surface area contributed by atoms with Crippen LogP contribution in [0.4, 0.5) is 0 Å². The van der Waals surface area contributed by atoms with Gasteiger partial charge in [-0.1, -0.05) is 12.1 Å². The van der Waals surface area contributed by atoms with E-state index in [9.17, 15) is 0 Å². The number of para-hydroxylation sites is 1. The molecule has 2 aromatic rings. The molecule has 1 aromatic carbocycles. The fourth-order valence-corrected chi connectivity index (χ4v) is 2.67. The molecule has 2 heterocycles. The van der Waals surface area contributed by atoms with Gasteiger partial charge >= 0.3 is 0 Å². The third-order valence-corrected chi connectivity index (χ3v) is 3.58. The number of hydrogen-bond donors (Lipinski definition) is 1. The molecule has 4 nitrogen and oxygen atoms in total. The Morgan fingerprint density at radius 2 is 2.31 bits per heavy atom. The minimum absolute atomic E-state index is 0.111. The summed E-state index contributed by atoms with van der Waals surface area (Å²) in [4.78, 5) is 5.22. The molecule has 6 heteroatoms. The number of fused-ring (bicyclic) bond motifs is 1. The number of halogens is 1. The third-order valence-electron chi connectivity index (χ3n) is 2.29. The van der Waals surface area contributed by atoms with Crippen molar-refractivity contribution < 1.29 is 4.74 Å². The quantitative estimate of drug-likeness (QED) is 0.849. The normalized spacial score (nSPS) is 18.9. The van der Waals surface area contributed by atoms with E-state index in [0.29, 0.717) is 5.82 Å². The first-order chi connectivity index (χ1) is 7.83. The number of nitrogens with one attached hydrogen (secondary N) is 1. The van der Waals surface area contributed by atoms with Crippen LogP contribution in [0.1, 0.15) is 11.9 Å². The van der Waals surface area contributed by atoms with E-state index in [1.165, 1.54) is 0 Å². The molecule has 0 fully saturated rings. The summed E-state index contributed by atoms with van der Waals surface area (Å²) in [6.07, 6.45) is -0.111. The van der Waals surface area contributed by atoms with Crippen molar-refractivity contribution in [1.82, 2.24) is 15.2 Å². The Labute approximate surface area is 101 Å². The summed E-state index contributed by atoms with van der Waals surface area (Å²) in [5.41, 5.74) is 0. The molecule has 0 amide bonds. The molecule has 0 bridgehead atoms. The van der Waals surface area contributed by atoms with Gasteiger partial charge < -0.3 is 4.74 Å². The Kier molecular flexibility index (Phi) is 2.49. The Morgan fingerprint density at radius 3 is 3.12 bits per heavy atom. The van der Waals surface area contributed by atoms with Gasteiger partial charge in [0.15, 0.2) is 11.9 Å². The zero-order chi connectivity index (χ0) is 11.0. The molecule has 82 valence electrons. The van der Waals surface area contributed by atoms with Gasteiger partial charge in [-0.05, 0) is 23.7 Å². The molecule has 0 spiro atoms. The lowest BCUT2D eigenvalue weighted by molar-refractivity contribution is 0.211. The van der Waals surface area contributed by atoms with Crippen LogP contribution in [0.15, 0.2) is 29.2 Å². The van der Waals surface area contributed by atoms with Crippen LogP contribution in [0.3, 0.4) is 0 Å². The van der Waals surface area contributed by atoms with Gasteiger partial charge in [-0.3, -0.25) is 5.10 Å². The SMILES string of the molecule is Clc1n[nH]c(C2CSc3ccccc3O2)n1. The lowest BCUT2D eigenvalue weighted by Gasteiger charge is -2.23. The van der Waals surface area contributed by atoms with Crippen molar-refractivity contribution in [2.45, 2.75) is 11.0 Å². The maximum atomic E-state index is 5.82. The van der Waals surface area contributed by atoms with E-state index in [1.807, 2.05) is 24.3 Å². The first-order valence-corrected chi connectivity index (χ1v) is 6.15. The third kappa shape index (κ3) is 1.76. The van der Waals surface area contributed by atoms with E-state index in [1.54, 1.807) is 11.8 Å². The zero-order valence-corrected chi connectivity index (χ0v) is 9.76. The monoisotopic (exact) mass is 253 g/mol. The van der Waals surface area contributed by atoms with Crippen LogP contribution in [0.25, 0.3) is 0 Å². The van der Waals surface area contributed by atoms with Crippen LogP contribution >= 0.6 is 23.4 Å². The predicted molar refractivity (Wildman–Crippen MR) is 61.9 cm³/mol. The van der Waals surface area contributed by atoms with Gasteiger partial charge in [0.1, 0.15) is 5.75 Å². The largest absolute Gasteiger partial charge is 0.480 e. The van der Waals surface area contributed by atoms with Crippen LogP contribution in [0, 0.1) is 0 Å². The lowest BCUT2D eigenvalue weighted by Crippen LogP contribution is -2.16. The van der Waals surface area contributed by atoms with Crippen LogP contribution < -0.4 is 4.74 Å². The highest BCUT2D eigenvalue weighted by molar-refractivity contribution is 7.99. The molecule has 1 unspecified atom stereocenters. The van der Waals surface area contributed by atoms with Crippen molar-refractivity contribution in [2.75, 3.05) is 5.75 Å². The molecule has 16 heavy (non-hydrogen) atoms. The van der Waals surface area contributed by atoms with Crippen LogP contribution in [-0.4, -0.2) is 20.9 Å². The van der Waals surface area contributed by atoms with Gasteiger partial charge in [-0.15, -0.1) is 16.9 Å². The summed E-state index contributed by atoms with van der Waals surface area (Å²) in [5.74, 6) is 2.37. The fourth-order valence-electron chi connectivity index (χ4n) is 1.55. The number of thioether (sulfide) groups is 1. The summed E-state index contributed by atoms with van der Waals surface area (Å²) in [7, 11) is 0. The molecule has 1 atom stereocenters. The Hall–Kier alpha value is -1.20. The maximum absolute atomic E-state index is 5.82. The highest BCUT2D eigenvalue weighted by atomic mass is 35.5. The van der Waals surface area contributed by atoms with Crippen molar-refractivity contribution in [1.29, 1.82) is 0 Å². The Morgan fingerprint density at radius 1 is 1.44 bits per heavy atom. The van der Waals surface area contributed by atoms with E-state index < -0.39 is 0 Å². The van der Waals surface area contributed by atoms with E-state index in [0.717, 1.165) is 16.4 Å². The molecule has 1 N–H and O–H groups in total. The van der Waals surface area contributed by atoms with Crippen molar-refractivity contribution in [3.05, 3.63) is 35.4 Å². The second-order valence-electron chi connectivity index (χ2n) is 3.35. The average Bonchev–Trinajstić information content (AvgIpc) is 2.75. The second-order valence-corrected chi connectivity index (χ2v) is 4.75. The van der Waals surface area contributed by atoms with Crippen molar-refractivity contribution >= 4 is 23.4 Å². The zero-order valence-electron chi connectivity index (χ0n) is 8.18. The smallest absolute Gasteiger partial charge is 0.242 e. The van der Waals surface area contributed by atoms with Crippen molar-refractivity contribution in [3.8, 4) is 5.75 Å². The molecule has 1 aliphatic rings. The number of H-pyrrole nitrogens is 1. The number of benzene rings is 1.